The van der Waals surface area contributed by atoms with Crippen LogP contribution in [-0.4, -0.2) is 52.0 Å². The van der Waals surface area contributed by atoms with Gasteiger partial charge in [-0.2, -0.15) is 13.2 Å². The standard InChI is InChI=1S/C27H28F3N3O4S/c1-19-5-3-8-25(20(19)2)32-13-15-33(16-14-32)26(34)18-37-23-9-11-24(12-10-23)38(35,36)31-22-7-4-6-21(17-22)27(28,29)30/h3-12,17,31H,13-16,18H2,1-2H3. The third-order valence-corrected chi connectivity index (χ3v) is 7.88. The summed E-state index contributed by atoms with van der Waals surface area (Å²) in [5.41, 5.74) is 2.46. The van der Waals surface area contributed by atoms with E-state index in [1.807, 2.05) is 6.07 Å². The second-order valence-corrected chi connectivity index (χ2v) is 10.7. The number of aryl methyl sites for hydroxylation is 1. The molecule has 3 aromatic rings. The molecule has 1 heterocycles. The molecule has 0 unspecified atom stereocenters. The minimum Gasteiger partial charge on any atom is -0.484 e. The smallest absolute Gasteiger partial charge is 0.416 e. The highest BCUT2D eigenvalue weighted by atomic mass is 32.2. The summed E-state index contributed by atoms with van der Waals surface area (Å²) in [6.07, 6.45) is -4.59. The molecule has 1 fully saturated rings. The number of benzene rings is 3. The Bertz CT molecular complexity index is 1400. The van der Waals surface area contributed by atoms with Crippen LogP contribution in [0.2, 0.25) is 0 Å². The first-order valence-corrected chi connectivity index (χ1v) is 13.4. The van der Waals surface area contributed by atoms with Crippen molar-refractivity contribution >= 4 is 27.3 Å². The van der Waals surface area contributed by atoms with E-state index >= 15 is 0 Å². The highest BCUT2D eigenvalue weighted by Gasteiger charge is 2.31. The van der Waals surface area contributed by atoms with Crippen LogP contribution < -0.4 is 14.4 Å². The SMILES string of the molecule is Cc1cccc(N2CCN(C(=O)COc3ccc(S(=O)(=O)Nc4cccc(C(F)(F)F)c4)cc3)CC2)c1C. The molecule has 0 spiro atoms. The van der Waals surface area contributed by atoms with Crippen molar-refractivity contribution in [1.29, 1.82) is 0 Å². The molecule has 1 amide bonds. The Morgan fingerprint density at radius 1 is 0.947 bits per heavy atom. The second kappa shape index (κ2) is 10.9. The maximum atomic E-state index is 12.9. The van der Waals surface area contributed by atoms with E-state index in [0.717, 1.165) is 18.2 Å². The molecule has 0 saturated carbocycles. The molecule has 11 heteroatoms. The van der Waals surface area contributed by atoms with E-state index in [1.54, 1.807) is 4.90 Å². The van der Waals surface area contributed by atoms with Crippen molar-refractivity contribution in [2.75, 3.05) is 42.4 Å². The van der Waals surface area contributed by atoms with Gasteiger partial charge in [0, 0.05) is 37.6 Å². The molecule has 0 bridgehead atoms. The topological polar surface area (TPSA) is 79.0 Å². The highest BCUT2D eigenvalue weighted by Crippen LogP contribution is 2.31. The normalized spacial score (nSPS) is 14.3. The molecule has 0 aliphatic carbocycles. The first-order valence-electron chi connectivity index (χ1n) is 12.0. The Morgan fingerprint density at radius 3 is 2.26 bits per heavy atom. The maximum Gasteiger partial charge on any atom is 0.416 e. The van der Waals surface area contributed by atoms with Gasteiger partial charge in [0.2, 0.25) is 0 Å². The van der Waals surface area contributed by atoms with Gasteiger partial charge in [0.1, 0.15) is 5.75 Å². The third-order valence-electron chi connectivity index (χ3n) is 6.49. The van der Waals surface area contributed by atoms with Crippen LogP contribution in [0.4, 0.5) is 24.5 Å². The zero-order chi connectivity index (χ0) is 27.5. The van der Waals surface area contributed by atoms with Crippen molar-refractivity contribution in [2.45, 2.75) is 24.9 Å². The van der Waals surface area contributed by atoms with Gasteiger partial charge in [-0.15, -0.1) is 0 Å². The fourth-order valence-corrected chi connectivity index (χ4v) is 5.25. The van der Waals surface area contributed by atoms with E-state index in [0.29, 0.717) is 31.9 Å². The molecular weight excluding hydrogens is 519 g/mol. The van der Waals surface area contributed by atoms with Gasteiger partial charge in [0.05, 0.1) is 10.5 Å². The Kier molecular flexibility index (Phi) is 7.86. The molecule has 0 atom stereocenters. The van der Waals surface area contributed by atoms with Gasteiger partial charge in [0.15, 0.2) is 6.61 Å². The number of halogens is 3. The van der Waals surface area contributed by atoms with Gasteiger partial charge in [-0.25, -0.2) is 8.42 Å². The van der Waals surface area contributed by atoms with Crippen LogP contribution in [0.3, 0.4) is 0 Å². The van der Waals surface area contributed by atoms with Crippen LogP contribution in [-0.2, 0) is 21.0 Å². The molecule has 0 aromatic heterocycles. The van der Waals surface area contributed by atoms with Gasteiger partial charge in [-0.1, -0.05) is 18.2 Å². The van der Waals surface area contributed by atoms with Crippen LogP contribution in [0.5, 0.6) is 5.75 Å². The van der Waals surface area contributed by atoms with Crippen LogP contribution in [0.1, 0.15) is 16.7 Å². The van der Waals surface area contributed by atoms with E-state index in [4.69, 9.17) is 4.74 Å². The number of sulfonamides is 1. The summed E-state index contributed by atoms with van der Waals surface area (Å²) in [5, 5.41) is 0. The van der Waals surface area contributed by atoms with Gasteiger partial charge < -0.3 is 14.5 Å². The van der Waals surface area contributed by atoms with Crippen molar-refractivity contribution in [2.24, 2.45) is 0 Å². The van der Waals surface area contributed by atoms with Crippen LogP contribution in [0.25, 0.3) is 0 Å². The van der Waals surface area contributed by atoms with Crippen molar-refractivity contribution in [1.82, 2.24) is 4.90 Å². The molecule has 7 nitrogen and oxygen atoms in total. The summed E-state index contributed by atoms with van der Waals surface area (Å²) in [6.45, 7) is 6.52. The van der Waals surface area contributed by atoms with E-state index < -0.39 is 21.8 Å². The van der Waals surface area contributed by atoms with Crippen molar-refractivity contribution in [3.63, 3.8) is 0 Å². The zero-order valence-corrected chi connectivity index (χ0v) is 21.8. The first-order chi connectivity index (χ1) is 17.9. The second-order valence-electron chi connectivity index (χ2n) is 9.03. The number of alkyl halides is 3. The molecule has 0 radical (unpaired) electrons. The number of ether oxygens (including phenoxy) is 1. The molecule has 1 aliphatic rings. The zero-order valence-electron chi connectivity index (χ0n) is 21.0. The number of carbonyl (C=O) groups excluding carboxylic acids is 1. The van der Waals surface area contributed by atoms with Crippen molar-refractivity contribution in [3.8, 4) is 5.75 Å². The highest BCUT2D eigenvalue weighted by molar-refractivity contribution is 7.92. The number of rotatable bonds is 7. The lowest BCUT2D eigenvalue weighted by Gasteiger charge is -2.37. The van der Waals surface area contributed by atoms with Crippen molar-refractivity contribution < 1.29 is 31.1 Å². The number of anilines is 2. The number of hydrogen-bond donors (Lipinski definition) is 1. The molecular formula is C27H28F3N3O4S. The Morgan fingerprint density at radius 2 is 1.61 bits per heavy atom. The lowest BCUT2D eigenvalue weighted by Crippen LogP contribution is -2.50. The number of piperazine rings is 1. The third kappa shape index (κ3) is 6.39. The van der Waals surface area contributed by atoms with Crippen LogP contribution in [0, 0.1) is 13.8 Å². The van der Waals surface area contributed by atoms with Gasteiger partial charge in [-0.05, 0) is 73.5 Å². The predicted octanol–water partition coefficient (Wildman–Crippen LogP) is 4.85. The number of amides is 1. The lowest BCUT2D eigenvalue weighted by molar-refractivity contribution is -0.137. The largest absolute Gasteiger partial charge is 0.484 e. The number of nitrogens with zero attached hydrogens (tertiary/aromatic N) is 2. The van der Waals surface area contributed by atoms with Crippen LogP contribution >= 0.6 is 0 Å². The average Bonchev–Trinajstić information content (AvgIpc) is 2.89. The fraction of sp³-hybridized carbons (Fsp3) is 0.296. The monoisotopic (exact) mass is 547 g/mol. The number of carbonyl (C=O) groups is 1. The predicted molar refractivity (Wildman–Crippen MR) is 139 cm³/mol. The minimum atomic E-state index is -4.59. The van der Waals surface area contributed by atoms with Crippen LogP contribution in [0.15, 0.2) is 71.6 Å². The summed E-state index contributed by atoms with van der Waals surface area (Å²) in [5.74, 6) is 0.124. The molecule has 3 aromatic carbocycles. The maximum absolute atomic E-state index is 12.9. The number of nitrogens with one attached hydrogen (secondary N) is 1. The van der Waals surface area contributed by atoms with Gasteiger partial charge in [-0.3, -0.25) is 9.52 Å². The van der Waals surface area contributed by atoms with Gasteiger partial charge in [0.25, 0.3) is 15.9 Å². The van der Waals surface area contributed by atoms with E-state index in [1.165, 1.54) is 47.1 Å². The molecule has 1 saturated heterocycles. The van der Waals surface area contributed by atoms with Gasteiger partial charge >= 0.3 is 6.18 Å². The fourth-order valence-electron chi connectivity index (χ4n) is 4.20. The quantitative estimate of drug-likeness (QED) is 0.458. The molecule has 38 heavy (non-hydrogen) atoms. The van der Waals surface area contributed by atoms with E-state index in [9.17, 15) is 26.4 Å². The lowest BCUT2D eigenvalue weighted by atomic mass is 10.1. The average molecular weight is 548 g/mol. The van der Waals surface area contributed by atoms with E-state index in [-0.39, 0.29) is 23.1 Å². The summed E-state index contributed by atoms with van der Waals surface area (Å²) < 4.78 is 71.7. The Labute approximate surface area is 219 Å². The molecule has 1 aliphatic heterocycles. The van der Waals surface area contributed by atoms with E-state index in [2.05, 4.69) is 35.6 Å². The Balaban J connectivity index is 1.30. The summed E-state index contributed by atoms with van der Waals surface area (Å²) in [7, 11) is -4.13. The molecule has 4 rings (SSSR count). The summed E-state index contributed by atoms with van der Waals surface area (Å²) in [4.78, 5) is 16.5. The number of hydrogen-bond acceptors (Lipinski definition) is 5. The summed E-state index contributed by atoms with van der Waals surface area (Å²) in [6, 6.07) is 15.4. The van der Waals surface area contributed by atoms with Crippen molar-refractivity contribution in [3.05, 3.63) is 83.4 Å². The first kappa shape index (κ1) is 27.3. The summed E-state index contributed by atoms with van der Waals surface area (Å²) >= 11 is 0. The minimum absolute atomic E-state index is 0.156. The molecule has 202 valence electrons. The Hall–Kier alpha value is -3.73. The molecule has 1 N–H and O–H groups in total.